The van der Waals surface area contributed by atoms with Crippen molar-refractivity contribution in [3.05, 3.63) is 38.7 Å². The fourth-order valence-electron chi connectivity index (χ4n) is 4.40. The fraction of sp³-hybridized carbons (Fsp3) is 0.556. The van der Waals surface area contributed by atoms with Crippen molar-refractivity contribution in [1.82, 2.24) is 19.4 Å². The number of aromatic nitrogens is 3. The molecule has 7 nitrogen and oxygen atoms in total. The van der Waals surface area contributed by atoms with E-state index in [0.29, 0.717) is 23.2 Å². The third-order valence-corrected chi connectivity index (χ3v) is 5.71. The summed E-state index contributed by atoms with van der Waals surface area (Å²) in [6.45, 7) is 0.766. The van der Waals surface area contributed by atoms with Crippen molar-refractivity contribution in [2.75, 3.05) is 6.54 Å². The number of hydrogen-bond acceptors (Lipinski definition) is 4. The summed E-state index contributed by atoms with van der Waals surface area (Å²) in [5.41, 5.74) is -0.306. The summed E-state index contributed by atoms with van der Waals surface area (Å²) in [7, 11) is 1.55. The van der Waals surface area contributed by atoms with Gasteiger partial charge in [0.1, 0.15) is 5.65 Å². The van der Waals surface area contributed by atoms with Crippen LogP contribution in [-0.2, 0) is 7.05 Å². The quantitative estimate of drug-likeness (QED) is 0.894. The van der Waals surface area contributed by atoms with Crippen LogP contribution in [0.3, 0.4) is 0 Å². The molecule has 0 spiro atoms. The van der Waals surface area contributed by atoms with Gasteiger partial charge in [-0.15, -0.1) is 0 Å². The topological polar surface area (TPSA) is 88.1 Å². The largest absolute Gasteiger partial charge is 0.335 e. The van der Waals surface area contributed by atoms with E-state index in [9.17, 15) is 14.4 Å². The summed E-state index contributed by atoms with van der Waals surface area (Å²) in [6, 6.07) is 1.87. The maximum atomic E-state index is 13.0. The molecule has 1 N–H and O–H groups in total. The molecule has 2 aliphatic rings. The second kappa shape index (κ2) is 6.13. The van der Waals surface area contributed by atoms with Gasteiger partial charge in [0.2, 0.25) is 0 Å². The van der Waals surface area contributed by atoms with E-state index in [1.165, 1.54) is 36.4 Å². The molecular weight excluding hydrogens is 320 g/mol. The number of fused-ring (bicyclic) bond motifs is 1. The Hall–Kier alpha value is -2.44. The smallest absolute Gasteiger partial charge is 0.329 e. The first-order chi connectivity index (χ1) is 12.1. The molecule has 0 aromatic carbocycles. The molecule has 3 heterocycles. The van der Waals surface area contributed by atoms with E-state index in [-0.39, 0.29) is 11.3 Å². The van der Waals surface area contributed by atoms with Gasteiger partial charge in [-0.05, 0) is 37.7 Å². The zero-order chi connectivity index (χ0) is 17.6. The number of rotatable bonds is 2. The number of likely N-dealkylation sites (tertiary alicyclic amines) is 1. The van der Waals surface area contributed by atoms with E-state index in [1.54, 1.807) is 13.1 Å². The first-order valence-electron chi connectivity index (χ1n) is 8.96. The number of nitrogens with zero attached hydrogens (tertiary/aromatic N) is 3. The average molecular weight is 342 g/mol. The van der Waals surface area contributed by atoms with Gasteiger partial charge in [-0.3, -0.25) is 19.1 Å². The van der Waals surface area contributed by atoms with Crippen molar-refractivity contribution in [2.45, 2.75) is 44.6 Å². The predicted octanol–water partition coefficient (Wildman–Crippen LogP) is 1.42. The van der Waals surface area contributed by atoms with Gasteiger partial charge in [0.25, 0.3) is 11.5 Å². The molecule has 4 rings (SSSR count). The summed E-state index contributed by atoms with van der Waals surface area (Å²) in [5.74, 6) is 0.543. The van der Waals surface area contributed by atoms with Crippen molar-refractivity contribution < 1.29 is 4.79 Å². The van der Waals surface area contributed by atoms with Crippen molar-refractivity contribution in [2.24, 2.45) is 13.0 Å². The Morgan fingerprint density at radius 3 is 2.72 bits per heavy atom. The number of amides is 1. The highest BCUT2D eigenvalue weighted by molar-refractivity contribution is 5.97. The van der Waals surface area contributed by atoms with Crippen LogP contribution >= 0.6 is 0 Å². The zero-order valence-electron chi connectivity index (χ0n) is 14.3. The van der Waals surface area contributed by atoms with Crippen LogP contribution in [0.2, 0.25) is 0 Å². The molecule has 2 aromatic rings. The maximum Gasteiger partial charge on any atom is 0.329 e. The van der Waals surface area contributed by atoms with Gasteiger partial charge in [-0.25, -0.2) is 9.78 Å². The first-order valence-corrected chi connectivity index (χ1v) is 8.96. The molecule has 1 saturated heterocycles. The lowest BCUT2D eigenvalue weighted by Crippen LogP contribution is -2.39. The molecule has 0 radical (unpaired) electrons. The predicted molar refractivity (Wildman–Crippen MR) is 93.6 cm³/mol. The second-order valence-corrected chi connectivity index (χ2v) is 7.17. The van der Waals surface area contributed by atoms with E-state index < -0.39 is 11.2 Å². The number of carbonyl (C=O) groups is 1. The van der Waals surface area contributed by atoms with Crippen LogP contribution in [0.25, 0.3) is 11.0 Å². The fourth-order valence-corrected chi connectivity index (χ4v) is 4.40. The van der Waals surface area contributed by atoms with Crippen LogP contribution < -0.4 is 11.2 Å². The molecule has 1 amide bonds. The number of pyridine rings is 1. The molecule has 7 heteroatoms. The molecule has 2 fully saturated rings. The minimum atomic E-state index is -0.509. The van der Waals surface area contributed by atoms with Crippen molar-refractivity contribution in [3.8, 4) is 0 Å². The van der Waals surface area contributed by atoms with Crippen LogP contribution in [0, 0.1) is 5.92 Å². The number of nitrogens with one attached hydrogen (secondary N) is 1. The van der Waals surface area contributed by atoms with Gasteiger partial charge in [0.05, 0.1) is 10.9 Å². The number of aryl methyl sites for hydroxylation is 1. The Morgan fingerprint density at radius 1 is 1.20 bits per heavy atom. The standard InChI is InChI=1S/C18H22N4O3/c1-21-15-13(16(23)20-18(21)25)9-12(10-19-15)17(24)22-8-4-7-14(22)11-5-2-3-6-11/h9-11,14H,2-8H2,1H3,(H,20,23,25)/t14-/m1/s1. The first kappa shape index (κ1) is 16.1. The summed E-state index contributed by atoms with van der Waals surface area (Å²) in [5, 5.41) is 0.268. The van der Waals surface area contributed by atoms with E-state index in [0.717, 1.165) is 19.4 Å². The SMILES string of the molecule is Cn1c(=O)[nH]c(=O)c2cc(C(=O)N3CCC[C@@H]3C3CCCC3)cnc21. The molecule has 0 unspecified atom stereocenters. The van der Waals surface area contributed by atoms with Crippen molar-refractivity contribution in [3.63, 3.8) is 0 Å². The van der Waals surface area contributed by atoms with Crippen LogP contribution in [0.1, 0.15) is 48.9 Å². The third kappa shape index (κ3) is 2.67. The summed E-state index contributed by atoms with van der Waals surface area (Å²) in [6.07, 6.45) is 8.48. The van der Waals surface area contributed by atoms with Gasteiger partial charge in [0.15, 0.2) is 0 Å². The summed E-state index contributed by atoms with van der Waals surface area (Å²) >= 11 is 0. The normalized spacial score (nSPS) is 21.3. The van der Waals surface area contributed by atoms with E-state index in [1.807, 2.05) is 4.90 Å². The van der Waals surface area contributed by atoms with Gasteiger partial charge < -0.3 is 4.90 Å². The molecule has 1 atom stereocenters. The second-order valence-electron chi connectivity index (χ2n) is 7.17. The van der Waals surface area contributed by atoms with Crippen molar-refractivity contribution in [1.29, 1.82) is 0 Å². The molecule has 1 saturated carbocycles. The summed E-state index contributed by atoms with van der Waals surface area (Å²) in [4.78, 5) is 45.2. The molecule has 25 heavy (non-hydrogen) atoms. The van der Waals surface area contributed by atoms with E-state index in [2.05, 4.69) is 9.97 Å². The minimum Gasteiger partial charge on any atom is -0.335 e. The lowest BCUT2D eigenvalue weighted by molar-refractivity contribution is 0.0689. The van der Waals surface area contributed by atoms with Crippen LogP contribution in [0.4, 0.5) is 0 Å². The van der Waals surface area contributed by atoms with Gasteiger partial charge in [0, 0.05) is 25.8 Å². The van der Waals surface area contributed by atoms with Gasteiger partial charge in [-0.2, -0.15) is 0 Å². The number of H-pyrrole nitrogens is 1. The average Bonchev–Trinajstić information content (AvgIpc) is 3.29. The van der Waals surface area contributed by atoms with E-state index in [4.69, 9.17) is 0 Å². The molecule has 1 aliphatic carbocycles. The molecule has 1 aliphatic heterocycles. The number of aromatic amines is 1. The highest BCUT2D eigenvalue weighted by Gasteiger charge is 2.36. The van der Waals surface area contributed by atoms with Crippen LogP contribution in [0.15, 0.2) is 21.9 Å². The van der Waals surface area contributed by atoms with Crippen LogP contribution in [-0.4, -0.2) is 37.9 Å². The number of hydrogen-bond donors (Lipinski definition) is 1. The zero-order valence-corrected chi connectivity index (χ0v) is 14.3. The highest BCUT2D eigenvalue weighted by Crippen LogP contribution is 2.36. The Balaban J connectivity index is 1.70. The Bertz CT molecular complexity index is 939. The molecule has 132 valence electrons. The Morgan fingerprint density at radius 2 is 1.96 bits per heavy atom. The highest BCUT2D eigenvalue weighted by atomic mass is 16.2. The monoisotopic (exact) mass is 342 g/mol. The Kier molecular flexibility index (Phi) is 3.94. The van der Waals surface area contributed by atoms with Crippen LogP contribution in [0.5, 0.6) is 0 Å². The van der Waals surface area contributed by atoms with Gasteiger partial charge >= 0.3 is 5.69 Å². The molecular formula is C18H22N4O3. The van der Waals surface area contributed by atoms with Gasteiger partial charge in [-0.1, -0.05) is 12.8 Å². The Labute approximate surface area is 144 Å². The maximum absolute atomic E-state index is 13.0. The number of carbonyl (C=O) groups excluding carboxylic acids is 1. The van der Waals surface area contributed by atoms with Crippen molar-refractivity contribution >= 4 is 16.9 Å². The van der Waals surface area contributed by atoms with E-state index >= 15 is 0 Å². The third-order valence-electron chi connectivity index (χ3n) is 5.71. The lowest BCUT2D eigenvalue weighted by atomic mass is 9.95. The lowest BCUT2D eigenvalue weighted by Gasteiger charge is -2.29. The molecule has 2 aromatic heterocycles. The minimum absolute atomic E-state index is 0.0583. The summed E-state index contributed by atoms with van der Waals surface area (Å²) < 4.78 is 1.28. The molecule has 0 bridgehead atoms.